The van der Waals surface area contributed by atoms with E-state index in [1.54, 1.807) is 24.3 Å². The highest BCUT2D eigenvalue weighted by atomic mass is 35.5. The number of hydrogen-bond donors (Lipinski definition) is 2. The third-order valence-corrected chi connectivity index (χ3v) is 11.6. The Labute approximate surface area is 344 Å². The van der Waals surface area contributed by atoms with E-state index in [1.807, 2.05) is 133 Å². The van der Waals surface area contributed by atoms with Gasteiger partial charge in [0.2, 0.25) is 0 Å². The number of carboxylic acids is 2. The number of carboxylic acid groups (broad SMARTS) is 2. The van der Waals surface area contributed by atoms with Crippen LogP contribution in [0.15, 0.2) is 168 Å². The molecule has 0 aliphatic carbocycles. The van der Waals surface area contributed by atoms with Gasteiger partial charge in [0.15, 0.2) is 11.6 Å². The van der Waals surface area contributed by atoms with Gasteiger partial charge in [0.1, 0.15) is 0 Å². The van der Waals surface area contributed by atoms with Gasteiger partial charge in [-0.3, -0.25) is 19.2 Å². The lowest BCUT2D eigenvalue weighted by atomic mass is 9.97. The minimum Gasteiger partial charge on any atom is -0.481 e. The quantitative estimate of drug-likeness (QED) is 0.0734. The van der Waals surface area contributed by atoms with Crippen molar-refractivity contribution in [2.75, 3.05) is 11.5 Å². The molecular formula is C46H38Cl2O6S2. The Morgan fingerprint density at radius 3 is 1.00 bits per heavy atom. The van der Waals surface area contributed by atoms with E-state index in [2.05, 4.69) is 0 Å². The molecule has 0 spiro atoms. The Bertz CT molecular complexity index is 2040. The molecule has 0 saturated carbocycles. The number of halogens is 2. The van der Waals surface area contributed by atoms with E-state index < -0.39 is 23.8 Å². The Morgan fingerprint density at radius 2 is 0.714 bits per heavy atom. The smallest absolute Gasteiger partial charge is 0.307 e. The summed E-state index contributed by atoms with van der Waals surface area (Å²) in [5.74, 6) is -2.97. The minimum absolute atomic E-state index is 0.0184. The van der Waals surface area contributed by atoms with E-state index in [-0.39, 0.29) is 24.4 Å². The van der Waals surface area contributed by atoms with E-state index in [0.717, 1.165) is 32.0 Å². The number of rotatable bonds is 16. The third-order valence-electron chi connectivity index (χ3n) is 8.72. The summed E-state index contributed by atoms with van der Waals surface area (Å²) in [6.45, 7) is 0. The number of carbonyl (C=O) groups is 4. The van der Waals surface area contributed by atoms with Crippen LogP contribution in [0.1, 0.15) is 33.6 Å². The van der Waals surface area contributed by atoms with Crippen molar-refractivity contribution in [3.05, 3.63) is 179 Å². The Kier molecular flexibility index (Phi) is 16.0. The highest BCUT2D eigenvalue weighted by molar-refractivity contribution is 7.99. The molecule has 0 unspecified atom stereocenters. The Balaban J connectivity index is 0.000000214. The van der Waals surface area contributed by atoms with E-state index in [4.69, 9.17) is 23.2 Å². The van der Waals surface area contributed by atoms with Crippen molar-refractivity contribution < 1.29 is 29.4 Å². The molecule has 0 bridgehead atoms. The second-order valence-corrected chi connectivity index (χ2v) is 15.8. The SMILES string of the molecule is O=C(C[C@H](CSc1ccccc1)C(=O)O)c1ccc(-c2ccc(Cl)cc2)cc1.O=C(C[C@H](CSc1ccccc1)C(=O)O)c1ccc(-c2ccc(Cl)cc2)cc1. The number of benzene rings is 6. The molecule has 0 fully saturated rings. The molecule has 0 aliphatic rings. The van der Waals surface area contributed by atoms with Crippen molar-refractivity contribution >= 4 is 70.2 Å². The van der Waals surface area contributed by atoms with Crippen LogP contribution in [-0.4, -0.2) is 45.2 Å². The second-order valence-electron chi connectivity index (χ2n) is 12.7. The molecular weight excluding hydrogens is 784 g/mol. The molecule has 0 aromatic heterocycles. The van der Waals surface area contributed by atoms with E-state index in [9.17, 15) is 29.4 Å². The zero-order valence-electron chi connectivity index (χ0n) is 30.1. The first kappa shape index (κ1) is 42.0. The number of aliphatic carboxylic acids is 2. The summed E-state index contributed by atoms with van der Waals surface area (Å²) in [7, 11) is 0. The Hall–Kier alpha value is -5.12. The highest BCUT2D eigenvalue weighted by Crippen LogP contribution is 2.27. The van der Waals surface area contributed by atoms with Crippen LogP contribution in [0.25, 0.3) is 22.3 Å². The lowest BCUT2D eigenvalue weighted by Crippen LogP contribution is -2.20. The molecule has 6 aromatic rings. The molecule has 284 valence electrons. The van der Waals surface area contributed by atoms with Gasteiger partial charge < -0.3 is 10.2 Å². The van der Waals surface area contributed by atoms with E-state index in [0.29, 0.717) is 32.7 Å². The van der Waals surface area contributed by atoms with Gasteiger partial charge in [0, 0.05) is 55.3 Å². The van der Waals surface area contributed by atoms with Gasteiger partial charge in [-0.25, -0.2) is 0 Å². The first-order valence-corrected chi connectivity index (χ1v) is 20.4. The molecule has 2 N–H and O–H groups in total. The van der Waals surface area contributed by atoms with Crippen LogP contribution in [-0.2, 0) is 9.59 Å². The fourth-order valence-corrected chi connectivity index (χ4v) is 7.79. The maximum atomic E-state index is 12.6. The number of carbonyl (C=O) groups excluding carboxylic acids is 2. The largest absolute Gasteiger partial charge is 0.481 e. The molecule has 6 aromatic carbocycles. The fraction of sp³-hybridized carbons (Fsp3) is 0.130. The van der Waals surface area contributed by atoms with Crippen LogP contribution in [0.3, 0.4) is 0 Å². The van der Waals surface area contributed by atoms with Crippen molar-refractivity contribution in [2.45, 2.75) is 22.6 Å². The van der Waals surface area contributed by atoms with E-state index in [1.165, 1.54) is 23.5 Å². The monoisotopic (exact) mass is 820 g/mol. The van der Waals surface area contributed by atoms with Crippen LogP contribution >= 0.6 is 46.7 Å². The predicted octanol–water partition coefficient (Wildman–Crippen LogP) is 12.1. The fourth-order valence-electron chi connectivity index (χ4n) is 5.53. The van der Waals surface area contributed by atoms with Gasteiger partial charge in [-0.15, -0.1) is 23.5 Å². The van der Waals surface area contributed by atoms with Crippen molar-refractivity contribution in [3.63, 3.8) is 0 Å². The van der Waals surface area contributed by atoms with Crippen molar-refractivity contribution in [3.8, 4) is 22.3 Å². The van der Waals surface area contributed by atoms with Crippen LogP contribution in [0, 0.1) is 11.8 Å². The van der Waals surface area contributed by atoms with Gasteiger partial charge in [-0.2, -0.15) is 0 Å². The number of Topliss-reactive ketones (excluding diaryl/α,β-unsaturated/α-hetero) is 2. The average molecular weight is 822 g/mol. The summed E-state index contributed by atoms with van der Waals surface area (Å²) in [5, 5.41) is 20.3. The average Bonchev–Trinajstić information content (AvgIpc) is 3.22. The van der Waals surface area contributed by atoms with Gasteiger partial charge in [0.05, 0.1) is 11.8 Å². The molecule has 10 heteroatoms. The molecule has 2 atom stereocenters. The van der Waals surface area contributed by atoms with Crippen molar-refractivity contribution in [1.29, 1.82) is 0 Å². The van der Waals surface area contributed by atoms with Gasteiger partial charge in [-0.05, 0) is 70.8 Å². The highest BCUT2D eigenvalue weighted by Gasteiger charge is 2.23. The maximum absolute atomic E-state index is 12.6. The molecule has 0 aliphatic heterocycles. The first-order chi connectivity index (χ1) is 27.0. The standard InChI is InChI=1S/2C23H19ClO3S/c2*24-20-12-10-17(11-13-20)16-6-8-18(9-7-16)22(25)14-19(23(26)27)15-28-21-4-2-1-3-5-21/h2*1-13,19H,14-15H2,(H,26,27)/t2*19-/m11/s1. The summed E-state index contributed by atoms with van der Waals surface area (Å²) < 4.78 is 0. The molecule has 0 saturated heterocycles. The summed E-state index contributed by atoms with van der Waals surface area (Å²) in [6.07, 6.45) is -0.0368. The molecule has 0 radical (unpaired) electrons. The van der Waals surface area contributed by atoms with Crippen molar-refractivity contribution in [2.24, 2.45) is 11.8 Å². The topological polar surface area (TPSA) is 109 Å². The summed E-state index contributed by atoms with van der Waals surface area (Å²) in [5.41, 5.74) is 5.00. The van der Waals surface area contributed by atoms with Crippen LogP contribution < -0.4 is 0 Å². The molecule has 6 nitrogen and oxygen atoms in total. The minimum atomic E-state index is -0.949. The van der Waals surface area contributed by atoms with Crippen LogP contribution in [0.4, 0.5) is 0 Å². The molecule has 6 rings (SSSR count). The van der Waals surface area contributed by atoms with Crippen LogP contribution in [0.5, 0.6) is 0 Å². The summed E-state index contributed by atoms with van der Waals surface area (Å²) in [4.78, 5) is 50.3. The second kappa shape index (κ2) is 21.3. The van der Waals surface area contributed by atoms with Crippen molar-refractivity contribution in [1.82, 2.24) is 0 Å². The zero-order chi connectivity index (χ0) is 39.9. The number of thioether (sulfide) groups is 2. The lowest BCUT2D eigenvalue weighted by molar-refractivity contribution is -0.141. The van der Waals surface area contributed by atoms with Gasteiger partial charge in [0.25, 0.3) is 0 Å². The maximum Gasteiger partial charge on any atom is 0.307 e. The van der Waals surface area contributed by atoms with Crippen LogP contribution in [0.2, 0.25) is 10.0 Å². The normalized spacial score (nSPS) is 11.8. The lowest BCUT2D eigenvalue weighted by Gasteiger charge is -2.12. The predicted molar refractivity (Wildman–Crippen MR) is 228 cm³/mol. The molecule has 56 heavy (non-hydrogen) atoms. The Morgan fingerprint density at radius 1 is 0.429 bits per heavy atom. The zero-order valence-corrected chi connectivity index (χ0v) is 33.2. The van der Waals surface area contributed by atoms with Gasteiger partial charge in [-0.1, -0.05) is 132 Å². The third kappa shape index (κ3) is 13.0. The molecule has 0 heterocycles. The van der Waals surface area contributed by atoms with Gasteiger partial charge >= 0.3 is 11.9 Å². The van der Waals surface area contributed by atoms with E-state index >= 15 is 0 Å². The first-order valence-electron chi connectivity index (χ1n) is 17.7. The number of hydrogen-bond acceptors (Lipinski definition) is 6. The number of ketones is 2. The summed E-state index contributed by atoms with van der Waals surface area (Å²) >= 11 is 14.7. The molecule has 0 amide bonds. The summed E-state index contributed by atoms with van der Waals surface area (Å²) in [6, 6.07) is 48.6.